The molecule has 4 bridgehead atoms. The summed E-state index contributed by atoms with van der Waals surface area (Å²) in [6.45, 7) is 3.11. The molecule has 0 saturated heterocycles. The van der Waals surface area contributed by atoms with Crippen LogP contribution in [0.1, 0.15) is 67.5 Å². The summed E-state index contributed by atoms with van der Waals surface area (Å²) in [4.78, 5) is 30.9. The number of rotatable bonds is 8. The van der Waals surface area contributed by atoms with Crippen molar-refractivity contribution >= 4 is 17.5 Å². The van der Waals surface area contributed by atoms with E-state index in [1.54, 1.807) is 6.92 Å². The molecule has 35 heavy (non-hydrogen) atoms. The Kier molecular flexibility index (Phi) is 5.53. The fourth-order valence-electron chi connectivity index (χ4n) is 7.09. The SMILES string of the molecule is CCOC(=O)Cc1nnn(Cc2cn3c(C(=O)NCC45CC6CC(CC(C6)C4)C5)cccc3n2)n1. The van der Waals surface area contributed by atoms with Gasteiger partial charge in [-0.05, 0) is 86.0 Å². The highest BCUT2D eigenvalue weighted by molar-refractivity contribution is 5.93. The van der Waals surface area contributed by atoms with Crippen molar-refractivity contribution in [3.8, 4) is 0 Å². The van der Waals surface area contributed by atoms with Gasteiger partial charge in [-0.2, -0.15) is 4.80 Å². The number of nitrogens with zero attached hydrogens (tertiary/aromatic N) is 6. The summed E-state index contributed by atoms with van der Waals surface area (Å²) < 4.78 is 6.75. The van der Waals surface area contributed by atoms with E-state index in [2.05, 4.69) is 25.7 Å². The molecule has 3 aromatic heterocycles. The van der Waals surface area contributed by atoms with Crippen LogP contribution in [0.15, 0.2) is 24.4 Å². The van der Waals surface area contributed by atoms with Crippen molar-refractivity contribution < 1.29 is 14.3 Å². The third-order valence-corrected chi connectivity index (χ3v) is 7.97. The molecule has 1 N–H and O–H groups in total. The number of hydrogen-bond acceptors (Lipinski definition) is 7. The molecule has 0 atom stereocenters. The van der Waals surface area contributed by atoms with Crippen molar-refractivity contribution in [2.45, 2.75) is 58.4 Å². The summed E-state index contributed by atoms with van der Waals surface area (Å²) >= 11 is 0. The number of fused-ring (bicyclic) bond motifs is 1. The summed E-state index contributed by atoms with van der Waals surface area (Å²) in [5, 5.41) is 15.4. The maximum Gasteiger partial charge on any atom is 0.313 e. The molecule has 0 aliphatic heterocycles. The van der Waals surface area contributed by atoms with Gasteiger partial charge in [0, 0.05) is 12.7 Å². The predicted molar refractivity (Wildman–Crippen MR) is 125 cm³/mol. The van der Waals surface area contributed by atoms with Crippen molar-refractivity contribution in [3.63, 3.8) is 0 Å². The van der Waals surface area contributed by atoms with Gasteiger partial charge >= 0.3 is 5.97 Å². The van der Waals surface area contributed by atoms with Crippen molar-refractivity contribution in [2.24, 2.45) is 23.2 Å². The second kappa shape index (κ2) is 8.73. The number of pyridine rings is 1. The molecule has 4 fully saturated rings. The van der Waals surface area contributed by atoms with Gasteiger partial charge in [-0.15, -0.1) is 10.2 Å². The Balaban J connectivity index is 1.14. The number of hydrogen-bond donors (Lipinski definition) is 1. The number of nitrogens with one attached hydrogen (secondary N) is 1. The zero-order valence-electron chi connectivity index (χ0n) is 20.0. The molecule has 0 radical (unpaired) electrons. The largest absolute Gasteiger partial charge is 0.466 e. The molecule has 7 rings (SSSR count). The molecule has 0 aromatic carbocycles. The van der Waals surface area contributed by atoms with Crippen LogP contribution in [0.4, 0.5) is 0 Å². The zero-order valence-corrected chi connectivity index (χ0v) is 20.0. The number of aromatic nitrogens is 6. The number of imidazole rings is 1. The Morgan fingerprint density at radius 3 is 2.60 bits per heavy atom. The first kappa shape index (κ1) is 22.2. The molecule has 10 heteroatoms. The average molecular weight is 478 g/mol. The Hall–Kier alpha value is -3.30. The Morgan fingerprint density at radius 2 is 1.89 bits per heavy atom. The molecule has 0 unspecified atom stereocenters. The van der Waals surface area contributed by atoms with Crippen molar-refractivity contribution in [1.82, 2.24) is 34.9 Å². The molecule has 3 heterocycles. The van der Waals surface area contributed by atoms with Crippen LogP contribution < -0.4 is 5.32 Å². The quantitative estimate of drug-likeness (QED) is 0.495. The number of esters is 1. The predicted octanol–water partition coefficient (Wildman–Crippen LogP) is 2.42. The lowest BCUT2D eigenvalue weighted by Crippen LogP contribution is -2.51. The standard InChI is InChI=1S/C25H31N7O3/c1-2-35-23(33)9-21-28-30-32(29-21)14-19-13-31-20(4-3-5-22(31)27-19)24(34)26-15-25-10-16-6-17(11-25)8-18(7-16)12-25/h3-5,13,16-18H,2,6-12,14-15H2,1H3,(H,26,34). The van der Waals surface area contributed by atoms with Crippen LogP contribution >= 0.6 is 0 Å². The summed E-state index contributed by atoms with van der Waals surface area (Å²) in [5.74, 6) is 2.44. The van der Waals surface area contributed by atoms with Crippen LogP contribution in [-0.2, 0) is 22.5 Å². The van der Waals surface area contributed by atoms with Gasteiger partial charge < -0.3 is 10.1 Å². The fraction of sp³-hybridized carbons (Fsp3) is 0.600. The summed E-state index contributed by atoms with van der Waals surface area (Å²) in [6.07, 6.45) is 9.81. The maximum atomic E-state index is 13.2. The highest BCUT2D eigenvalue weighted by Gasteiger charge is 2.50. The number of amides is 1. The van der Waals surface area contributed by atoms with E-state index >= 15 is 0 Å². The smallest absolute Gasteiger partial charge is 0.313 e. The molecular weight excluding hydrogens is 446 g/mol. The maximum absolute atomic E-state index is 13.2. The number of carbonyl (C=O) groups excluding carboxylic acids is 2. The van der Waals surface area contributed by atoms with Crippen LogP contribution in [0.5, 0.6) is 0 Å². The summed E-state index contributed by atoms with van der Waals surface area (Å²) in [6, 6.07) is 5.57. The Bertz CT molecular complexity index is 1230. The van der Waals surface area contributed by atoms with Crippen LogP contribution in [0.3, 0.4) is 0 Å². The van der Waals surface area contributed by atoms with E-state index < -0.39 is 0 Å². The lowest BCUT2D eigenvalue weighted by atomic mass is 9.49. The minimum Gasteiger partial charge on any atom is -0.466 e. The third-order valence-electron chi connectivity index (χ3n) is 7.97. The van der Waals surface area contributed by atoms with Gasteiger partial charge in [0.25, 0.3) is 5.91 Å². The van der Waals surface area contributed by atoms with Crippen LogP contribution in [0.2, 0.25) is 0 Å². The average Bonchev–Trinajstić information content (AvgIpc) is 3.42. The molecule has 0 spiro atoms. The van der Waals surface area contributed by atoms with Gasteiger partial charge in [-0.1, -0.05) is 6.07 Å². The van der Waals surface area contributed by atoms with Crippen molar-refractivity contribution in [1.29, 1.82) is 0 Å². The number of ether oxygens (including phenoxy) is 1. The highest BCUT2D eigenvalue weighted by atomic mass is 16.5. The molecule has 4 aliphatic rings. The second-order valence-corrected chi connectivity index (χ2v) is 10.7. The monoisotopic (exact) mass is 477 g/mol. The fourth-order valence-corrected chi connectivity index (χ4v) is 7.09. The van der Waals surface area contributed by atoms with Crippen LogP contribution in [0.25, 0.3) is 5.65 Å². The van der Waals surface area contributed by atoms with Gasteiger partial charge in [0.15, 0.2) is 5.82 Å². The molecule has 4 aliphatic carbocycles. The van der Waals surface area contributed by atoms with E-state index in [4.69, 9.17) is 4.74 Å². The summed E-state index contributed by atoms with van der Waals surface area (Å²) in [5.41, 5.74) is 2.25. The first-order valence-electron chi connectivity index (χ1n) is 12.7. The van der Waals surface area contributed by atoms with Gasteiger partial charge in [-0.25, -0.2) is 4.98 Å². The number of tetrazole rings is 1. The summed E-state index contributed by atoms with van der Waals surface area (Å²) in [7, 11) is 0. The van der Waals surface area contributed by atoms with Crippen LogP contribution in [-0.4, -0.2) is 54.6 Å². The van der Waals surface area contributed by atoms with E-state index in [1.807, 2.05) is 28.8 Å². The second-order valence-electron chi connectivity index (χ2n) is 10.7. The highest BCUT2D eigenvalue weighted by Crippen LogP contribution is 2.59. The molecule has 4 saturated carbocycles. The van der Waals surface area contributed by atoms with E-state index in [9.17, 15) is 9.59 Å². The Morgan fingerprint density at radius 1 is 1.14 bits per heavy atom. The molecule has 1 amide bonds. The molecule has 184 valence electrons. The normalized spacial score (nSPS) is 26.8. The Labute approximate surface area is 203 Å². The minimum absolute atomic E-state index is 0.0208. The lowest BCUT2D eigenvalue weighted by Gasteiger charge is -2.56. The molecule has 10 nitrogen and oxygen atoms in total. The number of carbonyl (C=O) groups is 2. The van der Waals surface area contributed by atoms with E-state index in [0.29, 0.717) is 34.9 Å². The van der Waals surface area contributed by atoms with Gasteiger partial charge in [0.05, 0.1) is 12.3 Å². The lowest BCUT2D eigenvalue weighted by molar-refractivity contribution is -0.142. The van der Waals surface area contributed by atoms with E-state index in [0.717, 1.165) is 24.3 Å². The topological polar surface area (TPSA) is 116 Å². The van der Waals surface area contributed by atoms with Gasteiger partial charge in [0.1, 0.15) is 24.3 Å². The molecular formula is C25H31N7O3. The van der Waals surface area contributed by atoms with Crippen LogP contribution in [0, 0.1) is 23.2 Å². The first-order valence-corrected chi connectivity index (χ1v) is 12.7. The minimum atomic E-state index is -0.385. The molecule has 3 aromatic rings. The van der Waals surface area contributed by atoms with E-state index in [1.165, 1.54) is 43.3 Å². The third kappa shape index (κ3) is 4.41. The van der Waals surface area contributed by atoms with Gasteiger partial charge in [0.2, 0.25) is 0 Å². The van der Waals surface area contributed by atoms with E-state index in [-0.39, 0.29) is 24.8 Å². The first-order chi connectivity index (χ1) is 17.0. The van der Waals surface area contributed by atoms with Gasteiger partial charge in [-0.3, -0.25) is 14.0 Å². The van der Waals surface area contributed by atoms with Crippen molar-refractivity contribution in [3.05, 3.63) is 41.6 Å². The van der Waals surface area contributed by atoms with Crippen molar-refractivity contribution in [2.75, 3.05) is 13.2 Å². The zero-order chi connectivity index (χ0) is 24.0.